The highest BCUT2D eigenvalue weighted by molar-refractivity contribution is 6.06. The van der Waals surface area contributed by atoms with Crippen LogP contribution in [0.4, 0.5) is 5.82 Å². The normalized spacial score (nSPS) is 10.8. The summed E-state index contributed by atoms with van der Waals surface area (Å²) in [5, 5.41) is 12.7. The summed E-state index contributed by atoms with van der Waals surface area (Å²) in [5.74, 6) is -0.260. The largest absolute Gasteiger partial charge is 0.478 e. The third-order valence-electron chi connectivity index (χ3n) is 2.70. The lowest BCUT2D eigenvalue weighted by Gasteiger charge is -2.05. The Kier molecular flexibility index (Phi) is 3.96. The molecule has 0 saturated carbocycles. The van der Waals surface area contributed by atoms with Crippen molar-refractivity contribution in [3.05, 3.63) is 17.7 Å². The quantitative estimate of drug-likeness (QED) is 0.767. The average molecular weight is 265 g/mol. The van der Waals surface area contributed by atoms with Gasteiger partial charge in [-0.05, 0) is 13.3 Å². The predicted molar refractivity (Wildman–Crippen MR) is 68.5 cm³/mol. The number of aromatic carboxylic acids is 1. The van der Waals surface area contributed by atoms with Crippen molar-refractivity contribution < 1.29 is 19.1 Å². The van der Waals surface area contributed by atoms with Crippen LogP contribution >= 0.6 is 0 Å². The Hall–Kier alpha value is -2.15. The van der Waals surface area contributed by atoms with Crippen LogP contribution in [-0.2, 0) is 4.74 Å². The van der Waals surface area contributed by atoms with Gasteiger partial charge in [-0.2, -0.15) is 0 Å². The molecule has 0 aromatic carbocycles. The molecule has 0 aliphatic heterocycles. The molecule has 0 bridgehead atoms. The first-order valence-electron chi connectivity index (χ1n) is 5.85. The van der Waals surface area contributed by atoms with Crippen LogP contribution in [0.25, 0.3) is 11.1 Å². The molecular weight excluding hydrogens is 250 g/mol. The Morgan fingerprint density at radius 1 is 1.53 bits per heavy atom. The summed E-state index contributed by atoms with van der Waals surface area (Å²) < 4.78 is 10.3. The first-order valence-corrected chi connectivity index (χ1v) is 5.85. The first kappa shape index (κ1) is 13.3. The minimum atomic E-state index is -1.05. The van der Waals surface area contributed by atoms with Crippen molar-refractivity contribution >= 4 is 22.9 Å². The number of nitrogens with zero attached hydrogens (tertiary/aromatic N) is 2. The molecule has 0 aliphatic rings. The average Bonchev–Trinajstić information content (AvgIpc) is 2.71. The molecule has 0 radical (unpaired) electrons. The molecule has 0 aliphatic carbocycles. The standard InChI is InChI=1S/C12H15N3O4/c1-7-8(12(16)17)9-10(13-4-3-5-18-2)14-6-15-11(9)19-7/h6H,3-5H2,1-2H3,(H,16,17)(H,13,14,15). The van der Waals surface area contributed by atoms with Gasteiger partial charge in [0.15, 0.2) is 0 Å². The molecule has 7 heteroatoms. The molecule has 2 heterocycles. The highest BCUT2D eigenvalue weighted by Crippen LogP contribution is 2.28. The molecule has 7 nitrogen and oxygen atoms in total. The van der Waals surface area contributed by atoms with Crippen molar-refractivity contribution in [3.8, 4) is 0 Å². The zero-order valence-electron chi connectivity index (χ0n) is 10.8. The molecule has 0 amide bonds. The lowest BCUT2D eigenvalue weighted by molar-refractivity contribution is 0.0697. The number of nitrogens with one attached hydrogen (secondary N) is 1. The molecule has 2 N–H and O–H groups in total. The summed E-state index contributed by atoms with van der Waals surface area (Å²) in [7, 11) is 1.63. The van der Waals surface area contributed by atoms with Crippen LogP contribution in [-0.4, -0.2) is 41.3 Å². The molecule has 0 fully saturated rings. The van der Waals surface area contributed by atoms with Crippen LogP contribution in [0.3, 0.4) is 0 Å². The number of methoxy groups -OCH3 is 1. The second-order valence-electron chi connectivity index (χ2n) is 4.01. The van der Waals surface area contributed by atoms with Crippen molar-refractivity contribution in [2.75, 3.05) is 25.6 Å². The van der Waals surface area contributed by atoms with Gasteiger partial charge in [0.05, 0.1) is 5.39 Å². The summed E-state index contributed by atoms with van der Waals surface area (Å²) in [6, 6.07) is 0. The molecule has 0 unspecified atom stereocenters. The van der Waals surface area contributed by atoms with E-state index < -0.39 is 5.97 Å². The topological polar surface area (TPSA) is 97.5 Å². The zero-order valence-corrected chi connectivity index (χ0v) is 10.8. The Morgan fingerprint density at radius 2 is 2.32 bits per heavy atom. The van der Waals surface area contributed by atoms with Crippen molar-refractivity contribution in [1.29, 1.82) is 0 Å². The number of ether oxygens (including phenoxy) is 1. The Bertz CT molecular complexity index is 594. The van der Waals surface area contributed by atoms with E-state index in [4.69, 9.17) is 9.15 Å². The van der Waals surface area contributed by atoms with Gasteiger partial charge < -0.3 is 19.6 Å². The Balaban J connectivity index is 2.35. The van der Waals surface area contributed by atoms with Gasteiger partial charge in [0.2, 0.25) is 5.71 Å². The number of carbonyl (C=O) groups is 1. The molecule has 0 atom stereocenters. The lowest BCUT2D eigenvalue weighted by Crippen LogP contribution is -2.08. The number of carboxylic acids is 1. The summed E-state index contributed by atoms with van der Waals surface area (Å²) >= 11 is 0. The fourth-order valence-corrected chi connectivity index (χ4v) is 1.86. The number of hydrogen-bond donors (Lipinski definition) is 2. The number of rotatable bonds is 6. The van der Waals surface area contributed by atoms with Crippen LogP contribution in [0.1, 0.15) is 22.5 Å². The van der Waals surface area contributed by atoms with Crippen LogP contribution in [0.5, 0.6) is 0 Å². The fraction of sp³-hybridized carbons (Fsp3) is 0.417. The van der Waals surface area contributed by atoms with E-state index in [9.17, 15) is 9.90 Å². The van der Waals surface area contributed by atoms with Gasteiger partial charge in [0.25, 0.3) is 0 Å². The number of fused-ring (bicyclic) bond motifs is 1. The molecule has 2 rings (SSSR count). The van der Waals surface area contributed by atoms with Crippen LogP contribution in [0, 0.1) is 6.92 Å². The molecular formula is C12H15N3O4. The Morgan fingerprint density at radius 3 is 3.00 bits per heavy atom. The van der Waals surface area contributed by atoms with E-state index >= 15 is 0 Å². The van der Waals surface area contributed by atoms with Crippen molar-refractivity contribution in [1.82, 2.24) is 9.97 Å². The van der Waals surface area contributed by atoms with E-state index in [1.54, 1.807) is 14.0 Å². The molecule has 2 aromatic rings. The molecule has 0 spiro atoms. The Labute approximate surface area is 109 Å². The van der Waals surface area contributed by atoms with Gasteiger partial charge in [-0.15, -0.1) is 0 Å². The second-order valence-corrected chi connectivity index (χ2v) is 4.01. The number of aryl methyl sites for hydroxylation is 1. The number of carboxylic acid groups (broad SMARTS) is 1. The van der Waals surface area contributed by atoms with Gasteiger partial charge in [0.1, 0.15) is 23.5 Å². The summed E-state index contributed by atoms with van der Waals surface area (Å²) in [6.07, 6.45) is 2.14. The van der Waals surface area contributed by atoms with E-state index in [1.165, 1.54) is 6.33 Å². The van der Waals surface area contributed by atoms with Crippen molar-refractivity contribution in [3.63, 3.8) is 0 Å². The lowest BCUT2D eigenvalue weighted by atomic mass is 10.2. The molecule has 0 saturated heterocycles. The minimum Gasteiger partial charge on any atom is -0.478 e. The third kappa shape index (κ3) is 2.65. The van der Waals surface area contributed by atoms with E-state index in [0.717, 1.165) is 6.42 Å². The van der Waals surface area contributed by atoms with Crippen molar-refractivity contribution in [2.45, 2.75) is 13.3 Å². The van der Waals surface area contributed by atoms with E-state index in [-0.39, 0.29) is 11.3 Å². The fourth-order valence-electron chi connectivity index (χ4n) is 1.86. The number of aromatic nitrogens is 2. The maximum Gasteiger partial charge on any atom is 0.340 e. The second kappa shape index (κ2) is 5.66. The zero-order chi connectivity index (χ0) is 13.8. The van der Waals surface area contributed by atoms with E-state index in [0.29, 0.717) is 30.1 Å². The highest BCUT2D eigenvalue weighted by atomic mass is 16.5. The van der Waals surface area contributed by atoms with E-state index in [1.807, 2.05) is 0 Å². The smallest absolute Gasteiger partial charge is 0.340 e. The minimum absolute atomic E-state index is 0.102. The van der Waals surface area contributed by atoms with Crippen LogP contribution in [0.2, 0.25) is 0 Å². The third-order valence-corrected chi connectivity index (χ3v) is 2.70. The summed E-state index contributed by atoms with van der Waals surface area (Å²) in [4.78, 5) is 19.3. The first-order chi connectivity index (χ1) is 9.15. The summed E-state index contributed by atoms with van der Waals surface area (Å²) in [5.41, 5.74) is 0.379. The van der Waals surface area contributed by atoms with Crippen LogP contribution < -0.4 is 5.32 Å². The number of furan rings is 1. The maximum atomic E-state index is 11.3. The van der Waals surface area contributed by atoms with Gasteiger partial charge in [-0.3, -0.25) is 0 Å². The molecule has 102 valence electrons. The van der Waals surface area contributed by atoms with Gasteiger partial charge >= 0.3 is 5.97 Å². The summed E-state index contributed by atoms with van der Waals surface area (Å²) in [6.45, 7) is 2.85. The SMILES string of the molecule is COCCCNc1ncnc2oc(C)c(C(=O)O)c12. The highest BCUT2D eigenvalue weighted by Gasteiger charge is 2.21. The molecule has 19 heavy (non-hydrogen) atoms. The van der Waals surface area contributed by atoms with Crippen molar-refractivity contribution in [2.24, 2.45) is 0 Å². The monoisotopic (exact) mass is 265 g/mol. The van der Waals surface area contributed by atoms with Gasteiger partial charge in [0, 0.05) is 20.3 Å². The number of hydrogen-bond acceptors (Lipinski definition) is 6. The maximum absolute atomic E-state index is 11.3. The predicted octanol–water partition coefficient (Wildman–Crippen LogP) is 1.68. The van der Waals surface area contributed by atoms with Gasteiger partial charge in [-0.25, -0.2) is 14.8 Å². The van der Waals surface area contributed by atoms with E-state index in [2.05, 4.69) is 15.3 Å². The number of anilines is 1. The van der Waals surface area contributed by atoms with Crippen LogP contribution in [0.15, 0.2) is 10.7 Å². The van der Waals surface area contributed by atoms with Gasteiger partial charge in [-0.1, -0.05) is 0 Å². The molecule has 2 aromatic heterocycles.